The predicted octanol–water partition coefficient (Wildman–Crippen LogP) is 4.12. The lowest BCUT2D eigenvalue weighted by Gasteiger charge is -2.13. The SMILES string of the molecule is O=C(NCC(=NO)c1ncc(Br)cc1Cl)c1ccccc1C(F)(F)F. The lowest BCUT2D eigenvalue weighted by molar-refractivity contribution is -0.137. The van der Waals surface area contributed by atoms with Crippen molar-refractivity contribution < 1.29 is 23.2 Å². The van der Waals surface area contributed by atoms with Crippen LogP contribution in [-0.2, 0) is 6.18 Å². The Morgan fingerprint density at radius 3 is 2.64 bits per heavy atom. The Bertz CT molecular complexity index is 828. The fraction of sp³-hybridized carbons (Fsp3) is 0.133. The van der Waals surface area contributed by atoms with Gasteiger partial charge in [-0.2, -0.15) is 13.2 Å². The molecule has 25 heavy (non-hydrogen) atoms. The number of carbonyl (C=O) groups excluding carboxylic acids is 1. The highest BCUT2D eigenvalue weighted by atomic mass is 79.9. The molecule has 1 amide bonds. The van der Waals surface area contributed by atoms with Crippen molar-refractivity contribution in [3.63, 3.8) is 0 Å². The molecule has 1 heterocycles. The summed E-state index contributed by atoms with van der Waals surface area (Å²) in [6.45, 7) is -0.365. The summed E-state index contributed by atoms with van der Waals surface area (Å²) in [6, 6.07) is 5.86. The van der Waals surface area contributed by atoms with E-state index in [9.17, 15) is 18.0 Å². The average Bonchev–Trinajstić information content (AvgIpc) is 2.56. The Kier molecular flexibility index (Phi) is 6.02. The number of alkyl halides is 3. The number of carbonyl (C=O) groups is 1. The molecule has 10 heteroatoms. The van der Waals surface area contributed by atoms with E-state index < -0.39 is 23.2 Å². The van der Waals surface area contributed by atoms with E-state index in [0.29, 0.717) is 4.47 Å². The Morgan fingerprint density at radius 2 is 2.04 bits per heavy atom. The van der Waals surface area contributed by atoms with Crippen LogP contribution in [0.15, 0.2) is 46.2 Å². The van der Waals surface area contributed by atoms with E-state index in [4.69, 9.17) is 16.8 Å². The third kappa shape index (κ3) is 4.70. The summed E-state index contributed by atoms with van der Waals surface area (Å²) in [6.07, 6.45) is -3.27. The molecule has 0 aliphatic heterocycles. The summed E-state index contributed by atoms with van der Waals surface area (Å²) in [5.74, 6) is -0.970. The topological polar surface area (TPSA) is 74.6 Å². The number of oxime groups is 1. The van der Waals surface area contributed by atoms with Crippen LogP contribution in [0.25, 0.3) is 0 Å². The molecule has 2 aromatic rings. The Hall–Kier alpha value is -2.13. The fourth-order valence-corrected chi connectivity index (χ4v) is 2.72. The second-order valence-corrected chi connectivity index (χ2v) is 6.08. The first-order chi connectivity index (χ1) is 11.7. The van der Waals surface area contributed by atoms with Crippen molar-refractivity contribution in [3.05, 3.63) is 62.8 Å². The first-order valence-electron chi connectivity index (χ1n) is 6.70. The third-order valence-electron chi connectivity index (χ3n) is 3.10. The quantitative estimate of drug-likeness (QED) is 0.430. The van der Waals surface area contributed by atoms with Crippen molar-refractivity contribution in [2.75, 3.05) is 6.54 Å². The highest BCUT2D eigenvalue weighted by Crippen LogP contribution is 2.31. The van der Waals surface area contributed by atoms with Crippen LogP contribution < -0.4 is 5.32 Å². The number of hydrogen-bond donors (Lipinski definition) is 2. The van der Waals surface area contributed by atoms with Crippen LogP contribution in [0.4, 0.5) is 13.2 Å². The standard InChI is InChI=1S/C15H10BrClF3N3O2/c16-8-5-11(17)13(21-6-8)12(23-25)7-22-14(24)9-3-1-2-4-10(9)15(18,19)20/h1-6,25H,7H2,(H,22,24). The van der Waals surface area contributed by atoms with Crippen LogP contribution in [0, 0.1) is 0 Å². The zero-order valence-corrected chi connectivity index (χ0v) is 14.7. The van der Waals surface area contributed by atoms with E-state index in [-0.39, 0.29) is 23.0 Å². The molecule has 0 radical (unpaired) electrons. The highest BCUT2D eigenvalue weighted by molar-refractivity contribution is 9.10. The van der Waals surface area contributed by atoms with E-state index in [1.165, 1.54) is 24.4 Å². The number of pyridine rings is 1. The van der Waals surface area contributed by atoms with Crippen molar-refractivity contribution in [1.82, 2.24) is 10.3 Å². The van der Waals surface area contributed by atoms with Gasteiger partial charge in [-0.05, 0) is 34.1 Å². The number of nitrogens with zero attached hydrogens (tertiary/aromatic N) is 2. The molecular weight excluding hydrogens is 427 g/mol. The van der Waals surface area contributed by atoms with Crippen LogP contribution in [-0.4, -0.2) is 28.4 Å². The molecule has 0 aliphatic carbocycles. The Labute approximate surface area is 153 Å². The Balaban J connectivity index is 2.19. The van der Waals surface area contributed by atoms with Gasteiger partial charge in [0.15, 0.2) is 0 Å². The van der Waals surface area contributed by atoms with Crippen molar-refractivity contribution in [2.24, 2.45) is 5.16 Å². The van der Waals surface area contributed by atoms with Crippen LogP contribution in [0.1, 0.15) is 21.6 Å². The molecule has 1 aromatic heterocycles. The molecular formula is C15H10BrClF3N3O2. The lowest BCUT2D eigenvalue weighted by atomic mass is 10.1. The molecule has 2 rings (SSSR count). The zero-order chi connectivity index (χ0) is 18.6. The average molecular weight is 437 g/mol. The van der Waals surface area contributed by atoms with Gasteiger partial charge in [0.2, 0.25) is 0 Å². The van der Waals surface area contributed by atoms with Crippen LogP contribution in [0.3, 0.4) is 0 Å². The molecule has 0 bridgehead atoms. The van der Waals surface area contributed by atoms with Crippen LogP contribution >= 0.6 is 27.5 Å². The second-order valence-electron chi connectivity index (χ2n) is 4.76. The number of aromatic nitrogens is 1. The van der Waals surface area contributed by atoms with E-state index in [2.05, 4.69) is 31.4 Å². The third-order valence-corrected chi connectivity index (χ3v) is 3.82. The largest absolute Gasteiger partial charge is 0.417 e. The first kappa shape index (κ1) is 19.2. The molecule has 0 atom stereocenters. The number of halogens is 5. The number of nitrogens with one attached hydrogen (secondary N) is 1. The molecule has 5 nitrogen and oxygen atoms in total. The van der Waals surface area contributed by atoms with Gasteiger partial charge in [-0.25, -0.2) is 0 Å². The minimum absolute atomic E-state index is 0.0942. The van der Waals surface area contributed by atoms with Gasteiger partial charge in [-0.3, -0.25) is 9.78 Å². The van der Waals surface area contributed by atoms with Crippen molar-refractivity contribution in [3.8, 4) is 0 Å². The summed E-state index contributed by atoms with van der Waals surface area (Å²) >= 11 is 9.14. The molecule has 0 spiro atoms. The molecule has 132 valence electrons. The van der Waals surface area contributed by atoms with Gasteiger partial charge >= 0.3 is 6.18 Å². The lowest BCUT2D eigenvalue weighted by Crippen LogP contribution is -2.32. The molecule has 0 saturated carbocycles. The van der Waals surface area contributed by atoms with Gasteiger partial charge in [-0.1, -0.05) is 28.9 Å². The minimum Gasteiger partial charge on any atom is -0.411 e. The maximum atomic E-state index is 13.0. The van der Waals surface area contributed by atoms with Gasteiger partial charge in [-0.15, -0.1) is 0 Å². The maximum absolute atomic E-state index is 13.0. The normalized spacial score (nSPS) is 12.1. The van der Waals surface area contributed by atoms with Gasteiger partial charge in [0.25, 0.3) is 5.91 Å². The van der Waals surface area contributed by atoms with Gasteiger partial charge in [0, 0.05) is 10.7 Å². The smallest absolute Gasteiger partial charge is 0.411 e. The summed E-state index contributed by atoms with van der Waals surface area (Å²) in [4.78, 5) is 16.0. The van der Waals surface area contributed by atoms with Gasteiger partial charge in [0.1, 0.15) is 11.4 Å². The molecule has 1 aromatic carbocycles. The minimum atomic E-state index is -4.67. The van der Waals surface area contributed by atoms with Crippen LogP contribution in [0.5, 0.6) is 0 Å². The van der Waals surface area contributed by atoms with E-state index in [1.54, 1.807) is 0 Å². The number of rotatable bonds is 4. The highest BCUT2D eigenvalue weighted by Gasteiger charge is 2.34. The monoisotopic (exact) mass is 435 g/mol. The summed E-state index contributed by atoms with van der Waals surface area (Å²) in [5, 5.41) is 14.5. The predicted molar refractivity (Wildman–Crippen MR) is 89.0 cm³/mol. The van der Waals surface area contributed by atoms with E-state index >= 15 is 0 Å². The molecule has 0 fully saturated rings. The fourth-order valence-electron chi connectivity index (χ4n) is 1.98. The Morgan fingerprint density at radius 1 is 1.36 bits per heavy atom. The summed E-state index contributed by atoms with van der Waals surface area (Å²) in [5.41, 5.74) is -1.61. The van der Waals surface area contributed by atoms with E-state index in [1.807, 2.05) is 0 Å². The van der Waals surface area contributed by atoms with Crippen LogP contribution in [0.2, 0.25) is 5.02 Å². The van der Waals surface area contributed by atoms with Crippen molar-refractivity contribution in [2.45, 2.75) is 6.18 Å². The second kappa shape index (κ2) is 7.83. The summed E-state index contributed by atoms with van der Waals surface area (Å²) < 4.78 is 39.4. The van der Waals surface area contributed by atoms with Gasteiger partial charge < -0.3 is 10.5 Å². The van der Waals surface area contributed by atoms with Crippen molar-refractivity contribution >= 4 is 39.1 Å². The summed E-state index contributed by atoms with van der Waals surface area (Å²) in [7, 11) is 0. The number of benzene rings is 1. The first-order valence-corrected chi connectivity index (χ1v) is 7.88. The molecule has 0 unspecified atom stereocenters. The maximum Gasteiger partial charge on any atom is 0.417 e. The number of hydrogen-bond acceptors (Lipinski definition) is 4. The van der Waals surface area contributed by atoms with Crippen molar-refractivity contribution in [1.29, 1.82) is 0 Å². The molecule has 0 aliphatic rings. The van der Waals surface area contributed by atoms with E-state index in [0.717, 1.165) is 12.1 Å². The van der Waals surface area contributed by atoms with Gasteiger partial charge in [0.05, 0.1) is 22.7 Å². The zero-order valence-electron chi connectivity index (χ0n) is 12.3. The molecule has 0 saturated heterocycles. The number of amides is 1. The molecule has 2 N–H and O–H groups in total.